The van der Waals surface area contributed by atoms with E-state index in [-0.39, 0.29) is 31.1 Å². The number of rotatable bonds is 63. The fraction of sp³-hybridized carbons (Fsp3) is 0.795. The van der Waals surface area contributed by atoms with Crippen LogP contribution in [0.5, 0.6) is 0 Å². The van der Waals surface area contributed by atoms with Gasteiger partial charge in [0.05, 0.1) is 0 Å². The fourth-order valence-corrected chi connectivity index (χ4v) is 10.0. The van der Waals surface area contributed by atoms with Crippen LogP contribution in [0.15, 0.2) is 72.9 Å². The van der Waals surface area contributed by atoms with E-state index >= 15 is 0 Å². The summed E-state index contributed by atoms with van der Waals surface area (Å²) in [7, 11) is 0. The van der Waals surface area contributed by atoms with E-state index in [0.29, 0.717) is 19.3 Å². The quantitative estimate of drug-likeness (QED) is 0.0261. The summed E-state index contributed by atoms with van der Waals surface area (Å²) in [6, 6.07) is 0. The van der Waals surface area contributed by atoms with Crippen molar-refractivity contribution in [3.63, 3.8) is 0 Å². The van der Waals surface area contributed by atoms with E-state index in [1.54, 1.807) is 0 Å². The maximum Gasteiger partial charge on any atom is 0.306 e. The average Bonchev–Trinajstić information content (AvgIpc) is 3.45. The van der Waals surface area contributed by atoms with Crippen LogP contribution in [0.1, 0.15) is 355 Å². The third kappa shape index (κ3) is 65.5. The number of carbonyl (C=O) groups excluding carboxylic acids is 3. The molecule has 0 radical (unpaired) electrons. The number of esters is 3. The molecule has 0 saturated carbocycles. The molecule has 0 heterocycles. The van der Waals surface area contributed by atoms with Crippen LogP contribution in [0, 0.1) is 0 Å². The molecule has 0 aromatic heterocycles. The summed E-state index contributed by atoms with van der Waals surface area (Å²) < 4.78 is 16.9. The maximum absolute atomic E-state index is 12.9. The van der Waals surface area contributed by atoms with Crippen molar-refractivity contribution in [2.45, 2.75) is 361 Å². The lowest BCUT2D eigenvalue weighted by Gasteiger charge is -2.18. The predicted octanol–water partition coefficient (Wildman–Crippen LogP) is 23.7. The molecule has 0 aliphatic carbocycles. The van der Waals surface area contributed by atoms with Gasteiger partial charge in [0.1, 0.15) is 13.2 Å². The molecule has 0 amide bonds. The summed E-state index contributed by atoms with van der Waals surface area (Å²) in [5.41, 5.74) is 0. The molecule has 0 fully saturated rings. The van der Waals surface area contributed by atoms with Gasteiger partial charge in [-0.2, -0.15) is 0 Å². The largest absolute Gasteiger partial charge is 0.462 e. The van der Waals surface area contributed by atoms with Gasteiger partial charge in [-0.1, -0.05) is 325 Å². The van der Waals surface area contributed by atoms with Gasteiger partial charge < -0.3 is 14.2 Å². The first-order chi connectivity index (χ1) is 39.0. The van der Waals surface area contributed by atoms with Crippen LogP contribution in [-0.4, -0.2) is 37.2 Å². The normalized spacial score (nSPS) is 12.5. The minimum Gasteiger partial charge on any atom is -0.462 e. The fourth-order valence-electron chi connectivity index (χ4n) is 10.0. The van der Waals surface area contributed by atoms with Crippen LogP contribution >= 0.6 is 0 Å². The van der Waals surface area contributed by atoms with Gasteiger partial charge in [-0.25, -0.2) is 0 Å². The predicted molar refractivity (Wildman–Crippen MR) is 344 cm³/mol. The third-order valence-electron chi connectivity index (χ3n) is 15.2. The second-order valence-corrected chi connectivity index (χ2v) is 23.1. The highest BCUT2D eigenvalue weighted by atomic mass is 16.6. The number of carbonyl (C=O) groups is 3. The molecule has 0 N–H and O–H groups in total. The number of hydrogen-bond acceptors (Lipinski definition) is 6. The molecule has 79 heavy (non-hydrogen) atoms. The Labute approximate surface area is 491 Å². The van der Waals surface area contributed by atoms with E-state index in [2.05, 4.69) is 93.7 Å². The van der Waals surface area contributed by atoms with E-state index in [9.17, 15) is 14.4 Å². The Balaban J connectivity index is 4.11. The Morgan fingerprint density at radius 3 is 0.810 bits per heavy atom. The van der Waals surface area contributed by atoms with Crippen LogP contribution in [0.4, 0.5) is 0 Å². The van der Waals surface area contributed by atoms with Gasteiger partial charge in [0.2, 0.25) is 0 Å². The van der Waals surface area contributed by atoms with E-state index in [1.807, 2.05) is 0 Å². The minimum absolute atomic E-state index is 0.0750. The van der Waals surface area contributed by atoms with Crippen LogP contribution < -0.4 is 0 Å². The molecule has 0 aromatic carbocycles. The molecule has 6 heteroatoms. The molecule has 0 aliphatic heterocycles. The number of allylic oxidation sites excluding steroid dienone is 12. The molecule has 0 aromatic rings. The molecular formula is C73H130O6. The van der Waals surface area contributed by atoms with Crippen molar-refractivity contribution >= 4 is 17.9 Å². The first-order valence-corrected chi connectivity index (χ1v) is 34.4. The molecule has 0 bridgehead atoms. The average molecular weight is 1100 g/mol. The molecule has 0 aliphatic rings. The molecule has 0 rings (SSSR count). The van der Waals surface area contributed by atoms with Gasteiger partial charge in [0.25, 0.3) is 0 Å². The van der Waals surface area contributed by atoms with Crippen molar-refractivity contribution in [1.82, 2.24) is 0 Å². The van der Waals surface area contributed by atoms with Crippen molar-refractivity contribution in [2.75, 3.05) is 13.2 Å². The minimum atomic E-state index is -0.779. The SMILES string of the molecule is CC/C=C\C/C=C\C/C=C\C/C=C\CCCCCCCCCCCCCCCCCCCCCCC(=O)OCC(COC(=O)CCCCCCCCCCCCCCCC)OC(=O)CCCCCCC/C=C\C/C=C\CCCC. The lowest BCUT2D eigenvalue weighted by Crippen LogP contribution is -2.30. The second-order valence-electron chi connectivity index (χ2n) is 23.1. The van der Waals surface area contributed by atoms with Gasteiger partial charge >= 0.3 is 17.9 Å². The number of hydrogen-bond donors (Lipinski definition) is 0. The van der Waals surface area contributed by atoms with Crippen molar-refractivity contribution in [2.24, 2.45) is 0 Å². The lowest BCUT2D eigenvalue weighted by molar-refractivity contribution is -0.167. The van der Waals surface area contributed by atoms with Crippen LogP contribution in [0.25, 0.3) is 0 Å². The summed E-state index contributed by atoms with van der Waals surface area (Å²) in [6.45, 7) is 6.52. The highest BCUT2D eigenvalue weighted by Crippen LogP contribution is 2.18. The number of unbranched alkanes of at least 4 members (excludes halogenated alkanes) is 40. The summed E-state index contributed by atoms with van der Waals surface area (Å²) in [4.78, 5) is 38.3. The molecule has 6 nitrogen and oxygen atoms in total. The molecule has 0 saturated heterocycles. The van der Waals surface area contributed by atoms with E-state index in [4.69, 9.17) is 14.2 Å². The zero-order valence-electron chi connectivity index (χ0n) is 52.6. The van der Waals surface area contributed by atoms with Gasteiger partial charge in [0.15, 0.2) is 6.10 Å². The molecule has 0 spiro atoms. The van der Waals surface area contributed by atoms with Gasteiger partial charge in [-0.05, 0) is 83.5 Å². The Morgan fingerprint density at radius 2 is 0.506 bits per heavy atom. The molecule has 1 unspecified atom stereocenters. The third-order valence-corrected chi connectivity index (χ3v) is 15.2. The first-order valence-electron chi connectivity index (χ1n) is 34.4. The summed E-state index contributed by atoms with van der Waals surface area (Å²) in [5, 5.41) is 0. The highest BCUT2D eigenvalue weighted by Gasteiger charge is 2.19. The topological polar surface area (TPSA) is 78.9 Å². The van der Waals surface area contributed by atoms with Gasteiger partial charge in [-0.3, -0.25) is 14.4 Å². The summed E-state index contributed by atoms with van der Waals surface area (Å²) in [6.07, 6.45) is 87.9. The Kier molecular flexibility index (Phi) is 64.7. The monoisotopic (exact) mass is 1100 g/mol. The van der Waals surface area contributed by atoms with E-state index < -0.39 is 6.10 Å². The Hall–Kier alpha value is -3.15. The lowest BCUT2D eigenvalue weighted by atomic mass is 10.0. The van der Waals surface area contributed by atoms with Crippen molar-refractivity contribution in [3.05, 3.63) is 72.9 Å². The second kappa shape index (κ2) is 67.4. The zero-order chi connectivity index (χ0) is 57.1. The Bertz CT molecular complexity index is 1450. The molecule has 458 valence electrons. The first kappa shape index (κ1) is 75.8. The maximum atomic E-state index is 12.9. The van der Waals surface area contributed by atoms with Crippen LogP contribution in [0.2, 0.25) is 0 Å². The van der Waals surface area contributed by atoms with Crippen LogP contribution in [0.3, 0.4) is 0 Å². The Morgan fingerprint density at radius 1 is 0.266 bits per heavy atom. The van der Waals surface area contributed by atoms with Crippen molar-refractivity contribution < 1.29 is 28.6 Å². The van der Waals surface area contributed by atoms with E-state index in [0.717, 1.165) is 109 Å². The molecule has 1 atom stereocenters. The van der Waals surface area contributed by atoms with Crippen LogP contribution in [-0.2, 0) is 28.6 Å². The summed E-state index contributed by atoms with van der Waals surface area (Å²) >= 11 is 0. The van der Waals surface area contributed by atoms with Gasteiger partial charge in [0, 0.05) is 19.3 Å². The van der Waals surface area contributed by atoms with Gasteiger partial charge in [-0.15, -0.1) is 0 Å². The van der Waals surface area contributed by atoms with Crippen molar-refractivity contribution in [3.8, 4) is 0 Å². The standard InChI is InChI=1S/C73H130O6/c1-4-7-10-13-16-19-22-25-28-29-30-31-32-33-34-35-36-37-38-39-40-41-42-43-44-45-46-49-51-54-57-60-63-66-72(75)78-69-70(79-73(76)67-64-61-58-55-52-48-27-24-21-18-15-12-9-6-3)68-77-71(74)65-62-59-56-53-50-47-26-23-20-17-14-11-8-5-2/h7,10,15-16,18-19,24-25,27-28,30-31,70H,4-6,8-9,11-14,17,20-23,26,29,32-69H2,1-3H3/b10-7-,18-15-,19-16-,27-24-,28-25-,31-30-. The van der Waals surface area contributed by atoms with Crippen molar-refractivity contribution in [1.29, 1.82) is 0 Å². The highest BCUT2D eigenvalue weighted by molar-refractivity contribution is 5.71. The number of ether oxygens (including phenoxy) is 3. The summed E-state index contributed by atoms with van der Waals surface area (Å²) in [5.74, 6) is -0.868. The molecular weight excluding hydrogens is 973 g/mol. The zero-order valence-corrected chi connectivity index (χ0v) is 52.6. The smallest absolute Gasteiger partial charge is 0.306 e. The van der Waals surface area contributed by atoms with E-state index in [1.165, 1.54) is 205 Å².